The van der Waals surface area contributed by atoms with Crippen LogP contribution in [0.4, 0.5) is 0 Å². The van der Waals surface area contributed by atoms with Crippen LogP contribution >= 0.6 is 11.5 Å². The van der Waals surface area contributed by atoms with Gasteiger partial charge in [-0.05, 0) is 23.7 Å². The maximum absolute atomic E-state index is 11.6. The molecule has 0 atom stereocenters. The molecular weight excluding hydrogens is 184 g/mol. The molecule has 0 amide bonds. The fraction of sp³-hybridized carbons (Fsp3) is 0.111. The largest absolute Gasteiger partial charge is 0.271 e. The van der Waals surface area contributed by atoms with E-state index in [1.165, 1.54) is 15.5 Å². The molecule has 0 aliphatic carbocycles. The van der Waals surface area contributed by atoms with E-state index in [4.69, 9.17) is 6.42 Å². The van der Waals surface area contributed by atoms with E-state index in [2.05, 4.69) is 10.9 Å². The number of aromatic nitrogens is 2. The summed E-state index contributed by atoms with van der Waals surface area (Å²) in [5, 5.41) is 0.641. The zero-order valence-corrected chi connectivity index (χ0v) is 7.54. The fourth-order valence-electron chi connectivity index (χ4n) is 1.09. The lowest BCUT2D eigenvalue weighted by Crippen LogP contribution is -2.11. The first kappa shape index (κ1) is 8.02. The molecule has 0 fully saturated rings. The minimum absolute atomic E-state index is 0.0500. The van der Waals surface area contributed by atoms with Crippen molar-refractivity contribution < 1.29 is 0 Å². The number of nitrogens with zero attached hydrogens (tertiary/aromatic N) is 2. The molecule has 0 aliphatic heterocycles. The predicted octanol–water partition coefficient (Wildman–Crippen LogP) is 1.09. The molecule has 3 nitrogen and oxygen atoms in total. The van der Waals surface area contributed by atoms with E-state index in [-0.39, 0.29) is 5.56 Å². The monoisotopic (exact) mass is 190 g/mol. The first-order chi connectivity index (χ1) is 6.33. The van der Waals surface area contributed by atoms with Crippen molar-refractivity contribution in [1.29, 1.82) is 0 Å². The summed E-state index contributed by atoms with van der Waals surface area (Å²) in [4.78, 5) is 16.4. The number of hydrogen-bond donors (Lipinski definition) is 0. The number of pyridine rings is 1. The van der Waals surface area contributed by atoms with E-state index >= 15 is 0 Å². The van der Waals surface area contributed by atoms with E-state index in [9.17, 15) is 4.79 Å². The minimum atomic E-state index is -0.0500. The summed E-state index contributed by atoms with van der Waals surface area (Å²) in [6, 6.07) is 3.50. The smallest absolute Gasteiger partial charge is 0.268 e. The van der Waals surface area contributed by atoms with Crippen molar-refractivity contribution in [1.82, 2.24) is 8.94 Å². The van der Waals surface area contributed by atoms with Crippen molar-refractivity contribution in [2.24, 2.45) is 0 Å². The summed E-state index contributed by atoms with van der Waals surface area (Å²) in [5.41, 5.74) is -0.0500. The quantitative estimate of drug-likeness (QED) is 0.631. The van der Waals surface area contributed by atoms with E-state index < -0.39 is 0 Å². The highest BCUT2D eigenvalue weighted by molar-refractivity contribution is 7.13. The Hall–Kier alpha value is -1.60. The SMILES string of the molecule is C#CCn1sc2ncccc2c1=O. The highest BCUT2D eigenvalue weighted by Gasteiger charge is 2.05. The van der Waals surface area contributed by atoms with Gasteiger partial charge in [0.05, 0.1) is 11.9 Å². The lowest BCUT2D eigenvalue weighted by Gasteiger charge is -1.86. The van der Waals surface area contributed by atoms with Crippen LogP contribution in [0.15, 0.2) is 23.1 Å². The number of hydrogen-bond acceptors (Lipinski definition) is 3. The maximum atomic E-state index is 11.6. The minimum Gasteiger partial charge on any atom is -0.268 e. The van der Waals surface area contributed by atoms with Crippen molar-refractivity contribution in [2.45, 2.75) is 6.54 Å². The Balaban J connectivity index is 2.76. The van der Waals surface area contributed by atoms with Crippen LogP contribution in [0.1, 0.15) is 0 Å². The van der Waals surface area contributed by atoms with Gasteiger partial charge >= 0.3 is 0 Å². The molecule has 0 unspecified atom stereocenters. The molecule has 13 heavy (non-hydrogen) atoms. The summed E-state index contributed by atoms with van der Waals surface area (Å²) in [5.74, 6) is 2.43. The van der Waals surface area contributed by atoms with E-state index in [1.807, 2.05) is 0 Å². The first-order valence-electron chi connectivity index (χ1n) is 3.71. The molecule has 2 aromatic heterocycles. The summed E-state index contributed by atoms with van der Waals surface area (Å²) in [7, 11) is 0. The van der Waals surface area contributed by atoms with Gasteiger partial charge in [-0.2, -0.15) is 0 Å². The van der Waals surface area contributed by atoms with Gasteiger partial charge < -0.3 is 0 Å². The van der Waals surface area contributed by atoms with Crippen LogP contribution in [0.3, 0.4) is 0 Å². The Bertz CT molecular complexity index is 532. The number of terminal acetylenes is 1. The van der Waals surface area contributed by atoms with Crippen LogP contribution in [-0.4, -0.2) is 8.94 Å². The van der Waals surface area contributed by atoms with E-state index in [0.717, 1.165) is 4.83 Å². The Morgan fingerprint density at radius 3 is 3.23 bits per heavy atom. The Kier molecular flexibility index (Phi) is 1.87. The van der Waals surface area contributed by atoms with Crippen LogP contribution in [0, 0.1) is 12.3 Å². The summed E-state index contributed by atoms with van der Waals surface area (Å²) in [6.07, 6.45) is 6.79. The molecule has 0 saturated carbocycles. The predicted molar refractivity (Wildman–Crippen MR) is 52.7 cm³/mol. The molecule has 2 heterocycles. The Morgan fingerprint density at radius 1 is 1.69 bits per heavy atom. The van der Waals surface area contributed by atoms with Gasteiger partial charge in [-0.25, -0.2) is 8.94 Å². The lowest BCUT2D eigenvalue weighted by molar-refractivity contribution is 0.906. The van der Waals surface area contributed by atoms with Gasteiger partial charge in [0, 0.05) is 6.20 Å². The first-order valence-corrected chi connectivity index (χ1v) is 4.48. The molecule has 0 aliphatic rings. The highest BCUT2D eigenvalue weighted by atomic mass is 32.1. The van der Waals surface area contributed by atoms with Crippen molar-refractivity contribution >= 4 is 21.7 Å². The molecule has 0 bridgehead atoms. The second-order valence-electron chi connectivity index (χ2n) is 2.49. The van der Waals surface area contributed by atoms with Gasteiger partial charge in [-0.3, -0.25) is 4.79 Å². The molecule has 2 rings (SSSR count). The van der Waals surface area contributed by atoms with Crippen LogP contribution in [0.25, 0.3) is 10.2 Å². The molecule has 0 spiro atoms. The van der Waals surface area contributed by atoms with Gasteiger partial charge in [-0.1, -0.05) is 5.92 Å². The average Bonchev–Trinajstić information content (AvgIpc) is 2.46. The van der Waals surface area contributed by atoms with Crippen molar-refractivity contribution in [3.05, 3.63) is 28.7 Å². The summed E-state index contributed by atoms with van der Waals surface area (Å²) in [6.45, 7) is 0.319. The third-order valence-electron chi connectivity index (χ3n) is 1.66. The zero-order valence-electron chi connectivity index (χ0n) is 6.73. The topological polar surface area (TPSA) is 34.9 Å². The Morgan fingerprint density at radius 2 is 2.54 bits per heavy atom. The van der Waals surface area contributed by atoms with Crippen LogP contribution in [0.2, 0.25) is 0 Å². The molecule has 0 N–H and O–H groups in total. The summed E-state index contributed by atoms with van der Waals surface area (Å²) >= 11 is 1.30. The lowest BCUT2D eigenvalue weighted by atomic mass is 10.4. The molecule has 4 heteroatoms. The van der Waals surface area contributed by atoms with Gasteiger partial charge in [0.25, 0.3) is 5.56 Å². The van der Waals surface area contributed by atoms with Gasteiger partial charge in [0.2, 0.25) is 0 Å². The van der Waals surface area contributed by atoms with Crippen molar-refractivity contribution in [2.75, 3.05) is 0 Å². The third kappa shape index (κ3) is 1.23. The van der Waals surface area contributed by atoms with E-state index in [0.29, 0.717) is 11.9 Å². The Labute approximate surface area is 78.8 Å². The number of fused-ring (bicyclic) bond motifs is 1. The van der Waals surface area contributed by atoms with Crippen LogP contribution in [0.5, 0.6) is 0 Å². The number of rotatable bonds is 1. The highest BCUT2D eigenvalue weighted by Crippen LogP contribution is 2.11. The van der Waals surface area contributed by atoms with Crippen molar-refractivity contribution in [3.8, 4) is 12.3 Å². The molecule has 0 radical (unpaired) electrons. The van der Waals surface area contributed by atoms with E-state index in [1.54, 1.807) is 18.3 Å². The van der Waals surface area contributed by atoms with Gasteiger partial charge in [0.15, 0.2) is 0 Å². The van der Waals surface area contributed by atoms with Crippen molar-refractivity contribution in [3.63, 3.8) is 0 Å². The second kappa shape index (κ2) is 3.04. The maximum Gasteiger partial charge on any atom is 0.271 e. The molecular formula is C9H6N2OS. The fourth-order valence-corrected chi connectivity index (χ4v) is 1.98. The normalized spacial score (nSPS) is 10.1. The standard InChI is InChI=1S/C9H6N2OS/c1-2-6-11-9(12)7-4-3-5-10-8(7)13-11/h1,3-5H,6H2. The molecule has 0 saturated heterocycles. The second-order valence-corrected chi connectivity index (χ2v) is 3.50. The molecule has 2 aromatic rings. The van der Waals surface area contributed by atoms with Gasteiger partial charge in [-0.15, -0.1) is 6.42 Å². The average molecular weight is 190 g/mol. The third-order valence-corrected chi connectivity index (χ3v) is 2.67. The summed E-state index contributed by atoms with van der Waals surface area (Å²) < 4.78 is 1.53. The molecule has 64 valence electrons. The molecule has 0 aromatic carbocycles. The van der Waals surface area contributed by atoms with Crippen LogP contribution < -0.4 is 5.56 Å². The van der Waals surface area contributed by atoms with Gasteiger partial charge in [0.1, 0.15) is 4.83 Å². The zero-order chi connectivity index (χ0) is 9.26. The van der Waals surface area contributed by atoms with Crippen LogP contribution in [-0.2, 0) is 6.54 Å².